The first-order valence-corrected chi connectivity index (χ1v) is 10.5. The van der Waals surface area contributed by atoms with Gasteiger partial charge in [-0.1, -0.05) is 48.0 Å². The Morgan fingerprint density at radius 2 is 2.07 bits per heavy atom. The van der Waals surface area contributed by atoms with E-state index in [0.717, 1.165) is 43.6 Å². The molecule has 0 amide bonds. The molecule has 148 valence electrons. The number of nitriles is 1. The summed E-state index contributed by atoms with van der Waals surface area (Å²) in [6.07, 6.45) is 4.07. The Bertz CT molecular complexity index is 1080. The molecule has 1 aromatic carbocycles. The highest BCUT2D eigenvalue weighted by molar-refractivity contribution is 7.99. The quantitative estimate of drug-likeness (QED) is 0.376. The second-order valence-electron chi connectivity index (χ2n) is 6.96. The highest BCUT2D eigenvalue weighted by Gasteiger charge is 2.21. The van der Waals surface area contributed by atoms with Crippen LogP contribution in [-0.4, -0.2) is 40.8 Å². The van der Waals surface area contributed by atoms with Crippen molar-refractivity contribution >= 4 is 17.3 Å². The van der Waals surface area contributed by atoms with Crippen LogP contribution in [0.1, 0.15) is 36.5 Å². The molecule has 0 aliphatic carbocycles. The number of hydrogen-bond acceptors (Lipinski definition) is 7. The van der Waals surface area contributed by atoms with E-state index in [1.807, 2.05) is 35.8 Å². The number of nitrogens with zero attached hydrogens (tertiary/aromatic N) is 6. The Kier molecular flexibility index (Phi) is 5.62. The van der Waals surface area contributed by atoms with Crippen LogP contribution in [0.3, 0.4) is 0 Å². The van der Waals surface area contributed by atoms with Crippen LogP contribution in [-0.2, 0) is 13.0 Å². The first kappa shape index (κ1) is 19.2. The molecule has 2 N–H and O–H groups in total. The van der Waals surface area contributed by atoms with Crippen molar-refractivity contribution in [1.82, 2.24) is 29.9 Å². The lowest BCUT2D eigenvalue weighted by Gasteiger charge is -2.07. The molecule has 1 aliphatic rings. The van der Waals surface area contributed by atoms with Gasteiger partial charge in [-0.25, -0.2) is 4.98 Å². The summed E-state index contributed by atoms with van der Waals surface area (Å²) in [7, 11) is 0. The number of aromatic amines is 1. The van der Waals surface area contributed by atoms with E-state index in [4.69, 9.17) is 0 Å². The molecule has 0 saturated carbocycles. The SMILES string of the molecule is Cc1ccc(-c2nc(SC/C(O)=C(\C#N)c3nnc4n3CCCCC4)n[nH]2)cc1. The zero-order chi connectivity index (χ0) is 20.2. The summed E-state index contributed by atoms with van der Waals surface area (Å²) in [4.78, 5) is 4.46. The molecule has 29 heavy (non-hydrogen) atoms. The van der Waals surface area contributed by atoms with E-state index in [1.165, 1.54) is 17.3 Å². The second kappa shape index (κ2) is 8.49. The molecule has 9 heteroatoms. The summed E-state index contributed by atoms with van der Waals surface area (Å²) in [5, 5.41) is 36.2. The molecule has 0 spiro atoms. The van der Waals surface area contributed by atoms with Crippen LogP contribution in [0.5, 0.6) is 0 Å². The topological polar surface area (TPSA) is 116 Å². The average molecular weight is 408 g/mol. The molecule has 8 nitrogen and oxygen atoms in total. The van der Waals surface area contributed by atoms with E-state index >= 15 is 0 Å². The van der Waals surface area contributed by atoms with Gasteiger partial charge in [0.2, 0.25) is 5.16 Å². The third-order valence-electron chi connectivity index (χ3n) is 4.86. The van der Waals surface area contributed by atoms with E-state index in [2.05, 4.69) is 31.4 Å². The standard InChI is InChI=1S/C20H21N7OS/c1-13-6-8-14(9-7-13)18-22-20(26-24-18)29-12-16(28)15(11-21)19-25-23-17-5-3-2-4-10-27(17)19/h6-9,28H,2-5,10,12H2,1H3,(H,22,24,26)/b16-15-. The first-order valence-electron chi connectivity index (χ1n) is 9.52. The molecule has 0 bridgehead atoms. The molecule has 0 radical (unpaired) electrons. The van der Waals surface area contributed by atoms with Gasteiger partial charge in [-0.15, -0.1) is 15.3 Å². The summed E-state index contributed by atoms with van der Waals surface area (Å²) in [6, 6.07) is 10.1. The van der Waals surface area contributed by atoms with Crippen LogP contribution in [0.2, 0.25) is 0 Å². The fourth-order valence-corrected chi connectivity index (χ4v) is 3.95. The Morgan fingerprint density at radius 3 is 2.86 bits per heavy atom. The Morgan fingerprint density at radius 1 is 1.24 bits per heavy atom. The van der Waals surface area contributed by atoms with Crippen molar-refractivity contribution in [1.29, 1.82) is 5.26 Å². The molecule has 2 aromatic heterocycles. The van der Waals surface area contributed by atoms with Gasteiger partial charge in [0.05, 0.1) is 5.75 Å². The maximum absolute atomic E-state index is 10.6. The summed E-state index contributed by atoms with van der Waals surface area (Å²) in [5.41, 5.74) is 2.28. The van der Waals surface area contributed by atoms with Gasteiger partial charge in [-0.3, -0.25) is 5.10 Å². The molecule has 1 aliphatic heterocycles. The number of aromatic nitrogens is 6. The zero-order valence-corrected chi connectivity index (χ0v) is 16.9. The van der Waals surface area contributed by atoms with Crippen LogP contribution >= 0.6 is 11.8 Å². The van der Waals surface area contributed by atoms with Crippen molar-refractivity contribution in [3.8, 4) is 17.5 Å². The number of fused-ring (bicyclic) bond motifs is 1. The van der Waals surface area contributed by atoms with Crippen molar-refractivity contribution in [2.24, 2.45) is 0 Å². The van der Waals surface area contributed by atoms with Crippen LogP contribution in [0.15, 0.2) is 35.2 Å². The van der Waals surface area contributed by atoms with Gasteiger partial charge in [0.25, 0.3) is 0 Å². The van der Waals surface area contributed by atoms with E-state index in [0.29, 0.717) is 16.8 Å². The normalized spacial score (nSPS) is 14.6. The van der Waals surface area contributed by atoms with Gasteiger partial charge in [0.15, 0.2) is 11.6 Å². The number of benzene rings is 1. The maximum atomic E-state index is 10.6. The minimum absolute atomic E-state index is 0.0429. The van der Waals surface area contributed by atoms with Crippen LogP contribution in [0.25, 0.3) is 17.0 Å². The van der Waals surface area contributed by atoms with Crippen LogP contribution in [0, 0.1) is 18.3 Å². The van der Waals surface area contributed by atoms with Crippen molar-refractivity contribution in [2.75, 3.05) is 5.75 Å². The third-order valence-corrected chi connectivity index (χ3v) is 5.72. The summed E-state index contributed by atoms with van der Waals surface area (Å²) < 4.78 is 1.95. The minimum atomic E-state index is -0.0429. The van der Waals surface area contributed by atoms with Crippen molar-refractivity contribution in [3.05, 3.63) is 47.2 Å². The van der Waals surface area contributed by atoms with E-state index in [9.17, 15) is 10.4 Å². The Balaban J connectivity index is 1.50. The van der Waals surface area contributed by atoms with E-state index in [-0.39, 0.29) is 17.1 Å². The first-order chi connectivity index (χ1) is 14.2. The maximum Gasteiger partial charge on any atom is 0.209 e. The lowest BCUT2D eigenvalue weighted by molar-refractivity contribution is 0.420. The van der Waals surface area contributed by atoms with E-state index < -0.39 is 0 Å². The molecule has 0 unspecified atom stereocenters. The highest BCUT2D eigenvalue weighted by Crippen LogP contribution is 2.25. The monoisotopic (exact) mass is 407 g/mol. The van der Waals surface area contributed by atoms with Gasteiger partial charge in [-0.05, 0) is 19.8 Å². The van der Waals surface area contributed by atoms with Crippen molar-refractivity contribution < 1.29 is 5.11 Å². The number of nitrogens with one attached hydrogen (secondary N) is 1. The van der Waals surface area contributed by atoms with Crippen LogP contribution in [0.4, 0.5) is 0 Å². The molecule has 0 fully saturated rings. The lowest BCUT2D eigenvalue weighted by Crippen LogP contribution is -2.07. The third kappa shape index (κ3) is 4.17. The van der Waals surface area contributed by atoms with Gasteiger partial charge >= 0.3 is 0 Å². The fraction of sp³-hybridized carbons (Fsp3) is 0.350. The molecular weight excluding hydrogens is 386 g/mol. The summed E-state index contributed by atoms with van der Waals surface area (Å²) in [5.74, 6) is 2.12. The van der Waals surface area contributed by atoms with Gasteiger partial charge in [0, 0.05) is 18.5 Å². The smallest absolute Gasteiger partial charge is 0.209 e. The number of H-pyrrole nitrogens is 1. The predicted molar refractivity (Wildman–Crippen MR) is 110 cm³/mol. The molecular formula is C20H21N7OS. The largest absolute Gasteiger partial charge is 0.510 e. The number of aliphatic hydroxyl groups is 1. The molecule has 4 rings (SSSR count). The number of aliphatic hydroxyl groups excluding tert-OH is 1. The number of rotatable bonds is 5. The number of aryl methyl sites for hydroxylation is 2. The molecule has 3 aromatic rings. The van der Waals surface area contributed by atoms with Gasteiger partial charge in [-0.2, -0.15) is 5.26 Å². The minimum Gasteiger partial charge on any atom is -0.510 e. The Hall–Kier alpha value is -3.12. The second-order valence-corrected chi connectivity index (χ2v) is 7.90. The zero-order valence-electron chi connectivity index (χ0n) is 16.1. The number of allylic oxidation sites excluding steroid dienone is 1. The van der Waals surface area contributed by atoms with Crippen molar-refractivity contribution in [2.45, 2.75) is 44.3 Å². The molecule has 0 saturated heterocycles. The molecule has 0 atom stereocenters. The summed E-state index contributed by atoms with van der Waals surface area (Å²) >= 11 is 1.26. The average Bonchev–Trinajstić information content (AvgIpc) is 3.29. The van der Waals surface area contributed by atoms with Gasteiger partial charge < -0.3 is 9.67 Å². The fourth-order valence-electron chi connectivity index (χ4n) is 3.27. The lowest BCUT2D eigenvalue weighted by atomic mass is 10.1. The summed E-state index contributed by atoms with van der Waals surface area (Å²) in [6.45, 7) is 2.80. The van der Waals surface area contributed by atoms with Crippen LogP contribution < -0.4 is 0 Å². The highest BCUT2D eigenvalue weighted by atomic mass is 32.2. The molecule has 3 heterocycles. The van der Waals surface area contributed by atoms with E-state index in [1.54, 1.807) is 0 Å². The number of thioether (sulfide) groups is 1. The predicted octanol–water partition coefficient (Wildman–Crippen LogP) is 3.68. The number of hydrogen-bond donors (Lipinski definition) is 2. The van der Waals surface area contributed by atoms with Gasteiger partial charge in [0.1, 0.15) is 23.2 Å². The Labute approximate surface area is 172 Å². The van der Waals surface area contributed by atoms with Crippen molar-refractivity contribution in [3.63, 3.8) is 0 Å².